The summed E-state index contributed by atoms with van der Waals surface area (Å²) >= 11 is 0. The summed E-state index contributed by atoms with van der Waals surface area (Å²) in [6, 6.07) is 6.84. The highest BCUT2D eigenvalue weighted by atomic mass is 16.5. The summed E-state index contributed by atoms with van der Waals surface area (Å²) < 4.78 is 15.2. The Morgan fingerprint density at radius 1 is 1.11 bits per heavy atom. The van der Waals surface area contributed by atoms with Crippen LogP contribution in [0.1, 0.15) is 33.5 Å². The number of methoxy groups -OCH3 is 2. The Hall–Kier alpha value is -3.13. The molecule has 1 heterocycles. The van der Waals surface area contributed by atoms with Gasteiger partial charge in [0.1, 0.15) is 11.4 Å². The van der Waals surface area contributed by atoms with Crippen LogP contribution < -0.4 is 10.1 Å². The molecule has 1 amide bonds. The van der Waals surface area contributed by atoms with Gasteiger partial charge in [-0.05, 0) is 31.5 Å². The van der Waals surface area contributed by atoms with E-state index in [0.29, 0.717) is 22.6 Å². The number of ether oxygens (including phenoxy) is 3. The quantitative estimate of drug-likeness (QED) is 0.295. The molecule has 0 fully saturated rings. The lowest BCUT2D eigenvalue weighted by Crippen LogP contribution is -2.33. The van der Waals surface area contributed by atoms with Gasteiger partial charge in [-0.1, -0.05) is 12.1 Å². The van der Waals surface area contributed by atoms with E-state index in [2.05, 4.69) is 10.3 Å². The lowest BCUT2D eigenvalue weighted by molar-refractivity contribution is -0.117. The molecule has 0 saturated heterocycles. The highest BCUT2D eigenvalue weighted by molar-refractivity contribution is 6.43. The van der Waals surface area contributed by atoms with E-state index in [1.807, 2.05) is 0 Å². The SMILES string of the molecule is CCOC(=O)c1c(C)[nH]c(C(=O)C(=O)NCCOC)c1-c1ccc(OC)cc1. The second kappa shape index (κ2) is 9.70. The molecule has 0 aliphatic heterocycles. The normalized spacial score (nSPS) is 10.4. The predicted octanol–water partition coefficient (Wildman–Crippen LogP) is 2.12. The fraction of sp³-hybridized carbons (Fsp3) is 0.350. The van der Waals surface area contributed by atoms with Gasteiger partial charge in [-0.3, -0.25) is 9.59 Å². The average molecular weight is 388 g/mol. The van der Waals surface area contributed by atoms with Crippen molar-refractivity contribution in [1.82, 2.24) is 10.3 Å². The van der Waals surface area contributed by atoms with Crippen LogP contribution in [-0.4, -0.2) is 56.6 Å². The summed E-state index contributed by atoms with van der Waals surface area (Å²) in [5, 5.41) is 2.49. The van der Waals surface area contributed by atoms with E-state index in [-0.39, 0.29) is 31.0 Å². The van der Waals surface area contributed by atoms with Gasteiger partial charge in [0.15, 0.2) is 0 Å². The molecule has 1 aromatic carbocycles. The molecule has 2 aromatic rings. The minimum absolute atomic E-state index is 0.0284. The topological polar surface area (TPSA) is 107 Å². The molecule has 2 rings (SSSR count). The van der Waals surface area contributed by atoms with Crippen molar-refractivity contribution in [3.8, 4) is 16.9 Å². The second-order valence-electron chi connectivity index (χ2n) is 5.90. The number of aromatic nitrogens is 1. The molecular formula is C20H24N2O6. The van der Waals surface area contributed by atoms with E-state index >= 15 is 0 Å². The summed E-state index contributed by atoms with van der Waals surface area (Å²) in [5.41, 5.74) is 1.60. The molecule has 0 unspecified atom stereocenters. The van der Waals surface area contributed by atoms with Crippen LogP contribution in [0.2, 0.25) is 0 Å². The Bertz CT molecular complexity index is 854. The third-order valence-corrected chi connectivity index (χ3v) is 4.07. The van der Waals surface area contributed by atoms with Crippen molar-refractivity contribution < 1.29 is 28.6 Å². The molecular weight excluding hydrogens is 364 g/mol. The molecule has 8 nitrogen and oxygen atoms in total. The number of hydrogen-bond donors (Lipinski definition) is 2. The number of H-pyrrole nitrogens is 1. The first-order valence-corrected chi connectivity index (χ1v) is 8.80. The monoisotopic (exact) mass is 388 g/mol. The van der Waals surface area contributed by atoms with Crippen molar-refractivity contribution in [2.75, 3.05) is 34.0 Å². The van der Waals surface area contributed by atoms with Crippen LogP contribution in [0.4, 0.5) is 0 Å². The summed E-state index contributed by atoms with van der Waals surface area (Å²) in [4.78, 5) is 40.4. The molecule has 1 aromatic heterocycles. The second-order valence-corrected chi connectivity index (χ2v) is 5.90. The highest BCUT2D eigenvalue weighted by Crippen LogP contribution is 2.32. The molecule has 0 spiro atoms. The predicted molar refractivity (Wildman–Crippen MR) is 103 cm³/mol. The first-order valence-electron chi connectivity index (χ1n) is 8.80. The molecule has 0 atom stereocenters. The number of amides is 1. The summed E-state index contributed by atoms with van der Waals surface area (Å²) in [5.74, 6) is -1.51. The molecule has 0 saturated carbocycles. The zero-order valence-electron chi connectivity index (χ0n) is 16.4. The van der Waals surface area contributed by atoms with Crippen LogP contribution in [0.25, 0.3) is 11.1 Å². The Kier molecular flexibility index (Phi) is 7.34. The van der Waals surface area contributed by atoms with Crippen molar-refractivity contribution in [2.45, 2.75) is 13.8 Å². The zero-order valence-corrected chi connectivity index (χ0v) is 16.4. The number of carbonyl (C=O) groups excluding carboxylic acids is 3. The average Bonchev–Trinajstić information content (AvgIpc) is 3.04. The number of Topliss-reactive ketones (excluding diaryl/α,β-unsaturated/α-hetero) is 1. The van der Waals surface area contributed by atoms with Gasteiger partial charge in [-0.2, -0.15) is 0 Å². The van der Waals surface area contributed by atoms with Crippen LogP contribution in [0.3, 0.4) is 0 Å². The van der Waals surface area contributed by atoms with E-state index in [1.54, 1.807) is 45.2 Å². The summed E-state index contributed by atoms with van der Waals surface area (Å²) in [6.45, 7) is 4.01. The van der Waals surface area contributed by atoms with Gasteiger partial charge in [0.05, 0.1) is 25.9 Å². The van der Waals surface area contributed by atoms with Crippen molar-refractivity contribution in [3.05, 3.63) is 41.2 Å². The summed E-state index contributed by atoms with van der Waals surface area (Å²) in [6.07, 6.45) is 0. The van der Waals surface area contributed by atoms with Crippen LogP contribution in [0.5, 0.6) is 5.75 Å². The standard InChI is InChI=1S/C20H24N2O6/c1-5-28-20(25)15-12(2)22-17(18(23)19(24)21-10-11-26-3)16(15)13-6-8-14(27-4)9-7-13/h6-9,22H,5,10-11H2,1-4H3,(H,21,24). The number of rotatable bonds is 9. The van der Waals surface area contributed by atoms with Crippen LogP contribution in [0, 0.1) is 6.92 Å². The number of hydrogen-bond acceptors (Lipinski definition) is 6. The number of carbonyl (C=O) groups is 3. The van der Waals surface area contributed by atoms with Crippen molar-refractivity contribution in [2.24, 2.45) is 0 Å². The summed E-state index contributed by atoms with van der Waals surface area (Å²) in [7, 11) is 3.04. The lowest BCUT2D eigenvalue weighted by Gasteiger charge is -2.09. The third-order valence-electron chi connectivity index (χ3n) is 4.07. The van der Waals surface area contributed by atoms with E-state index in [9.17, 15) is 14.4 Å². The van der Waals surface area contributed by atoms with Gasteiger partial charge in [0.25, 0.3) is 11.7 Å². The first kappa shape index (κ1) is 21.2. The Morgan fingerprint density at radius 2 is 1.79 bits per heavy atom. The van der Waals surface area contributed by atoms with Crippen molar-refractivity contribution in [3.63, 3.8) is 0 Å². The number of nitrogens with one attached hydrogen (secondary N) is 2. The van der Waals surface area contributed by atoms with Gasteiger partial charge >= 0.3 is 5.97 Å². The van der Waals surface area contributed by atoms with Gasteiger partial charge in [-0.25, -0.2) is 4.79 Å². The third kappa shape index (κ3) is 4.58. The van der Waals surface area contributed by atoms with Gasteiger partial charge in [0, 0.05) is 24.9 Å². The van der Waals surface area contributed by atoms with E-state index in [1.165, 1.54) is 7.11 Å². The minimum atomic E-state index is -0.788. The maximum atomic E-state index is 12.7. The van der Waals surface area contributed by atoms with Crippen molar-refractivity contribution >= 4 is 17.7 Å². The van der Waals surface area contributed by atoms with Gasteiger partial charge in [-0.15, -0.1) is 0 Å². The zero-order chi connectivity index (χ0) is 20.7. The first-order chi connectivity index (χ1) is 13.4. The highest BCUT2D eigenvalue weighted by Gasteiger charge is 2.29. The fourth-order valence-electron chi connectivity index (χ4n) is 2.76. The lowest BCUT2D eigenvalue weighted by atomic mass is 9.98. The molecule has 28 heavy (non-hydrogen) atoms. The van der Waals surface area contributed by atoms with Crippen LogP contribution in [0.15, 0.2) is 24.3 Å². The number of aromatic amines is 1. The molecule has 2 N–H and O–H groups in total. The Balaban J connectivity index is 2.52. The van der Waals surface area contributed by atoms with E-state index in [4.69, 9.17) is 14.2 Å². The molecule has 8 heteroatoms. The van der Waals surface area contributed by atoms with E-state index < -0.39 is 17.7 Å². The molecule has 0 radical (unpaired) electrons. The fourth-order valence-corrected chi connectivity index (χ4v) is 2.76. The van der Waals surface area contributed by atoms with Gasteiger partial charge in [0.2, 0.25) is 0 Å². The number of ketones is 1. The van der Waals surface area contributed by atoms with Crippen molar-refractivity contribution in [1.29, 1.82) is 0 Å². The molecule has 0 bridgehead atoms. The number of esters is 1. The Labute approximate surface area is 163 Å². The number of benzene rings is 1. The number of aryl methyl sites for hydroxylation is 1. The van der Waals surface area contributed by atoms with Crippen LogP contribution in [-0.2, 0) is 14.3 Å². The maximum Gasteiger partial charge on any atom is 0.340 e. The molecule has 150 valence electrons. The van der Waals surface area contributed by atoms with E-state index in [0.717, 1.165) is 0 Å². The Morgan fingerprint density at radius 3 is 2.36 bits per heavy atom. The minimum Gasteiger partial charge on any atom is -0.497 e. The molecule has 0 aliphatic carbocycles. The smallest absolute Gasteiger partial charge is 0.340 e. The van der Waals surface area contributed by atoms with Gasteiger partial charge < -0.3 is 24.5 Å². The largest absolute Gasteiger partial charge is 0.497 e. The molecule has 0 aliphatic rings. The van der Waals surface area contributed by atoms with Crippen LogP contribution >= 0.6 is 0 Å². The maximum absolute atomic E-state index is 12.7.